The van der Waals surface area contributed by atoms with Crippen molar-refractivity contribution in [2.24, 2.45) is 0 Å². The van der Waals surface area contributed by atoms with E-state index in [0.29, 0.717) is 12.2 Å². The van der Waals surface area contributed by atoms with Gasteiger partial charge in [-0.1, -0.05) is 17.7 Å². The zero-order valence-corrected chi connectivity index (χ0v) is 8.46. The van der Waals surface area contributed by atoms with Crippen molar-refractivity contribution in [3.8, 4) is 0 Å². The molecule has 0 heterocycles. The van der Waals surface area contributed by atoms with Crippen LogP contribution >= 0.6 is 11.6 Å². The van der Waals surface area contributed by atoms with Gasteiger partial charge in [0.15, 0.2) is 0 Å². The molecule has 0 saturated heterocycles. The van der Waals surface area contributed by atoms with Gasteiger partial charge in [-0.3, -0.25) is 0 Å². The van der Waals surface area contributed by atoms with Crippen molar-refractivity contribution >= 4 is 23.3 Å². The normalized spacial score (nSPS) is 10.5. The number of carboxylic acids is 1. The van der Waals surface area contributed by atoms with Crippen molar-refractivity contribution in [2.45, 2.75) is 0 Å². The second kappa shape index (κ2) is 5.36. The zero-order valence-electron chi connectivity index (χ0n) is 7.71. The number of nitrogens with one attached hydrogen (secondary N) is 1. The van der Waals surface area contributed by atoms with Crippen LogP contribution in [0.2, 0.25) is 5.02 Å². The average molecular weight is 230 g/mol. The molecule has 0 saturated carbocycles. The quantitative estimate of drug-likeness (QED) is 0.780. The first-order valence-electron chi connectivity index (χ1n) is 4.18. The molecule has 1 aromatic rings. The van der Waals surface area contributed by atoms with Crippen LogP contribution in [0.25, 0.3) is 0 Å². The van der Waals surface area contributed by atoms with Crippen LogP contribution in [-0.2, 0) is 4.79 Å². The van der Waals surface area contributed by atoms with Gasteiger partial charge in [-0.25, -0.2) is 9.18 Å². The Bertz CT molecular complexity index is 393. The summed E-state index contributed by atoms with van der Waals surface area (Å²) < 4.78 is 12.9. The van der Waals surface area contributed by atoms with Crippen molar-refractivity contribution in [3.63, 3.8) is 0 Å². The van der Waals surface area contributed by atoms with Gasteiger partial charge in [-0.15, -0.1) is 0 Å². The van der Waals surface area contributed by atoms with Gasteiger partial charge in [0.05, 0.1) is 5.02 Å². The number of hydrogen-bond donors (Lipinski definition) is 2. The Morgan fingerprint density at radius 2 is 2.33 bits per heavy atom. The molecule has 0 aromatic heterocycles. The van der Waals surface area contributed by atoms with Crippen LogP contribution in [-0.4, -0.2) is 17.6 Å². The number of aliphatic carboxylic acids is 1. The Labute approximate surface area is 91.2 Å². The second-order valence-electron chi connectivity index (χ2n) is 2.75. The Morgan fingerprint density at radius 1 is 1.60 bits per heavy atom. The lowest BCUT2D eigenvalue weighted by atomic mass is 10.3. The minimum absolute atomic E-state index is 0.0571. The summed E-state index contributed by atoms with van der Waals surface area (Å²) in [5.74, 6) is -1.53. The molecule has 0 bridgehead atoms. The predicted molar refractivity (Wildman–Crippen MR) is 56.7 cm³/mol. The number of benzene rings is 1. The topological polar surface area (TPSA) is 49.3 Å². The molecule has 1 rings (SSSR count). The Hall–Kier alpha value is -1.55. The van der Waals surface area contributed by atoms with Crippen molar-refractivity contribution in [3.05, 3.63) is 41.2 Å². The summed E-state index contributed by atoms with van der Waals surface area (Å²) in [4.78, 5) is 10.1. The molecule has 2 N–H and O–H groups in total. The van der Waals surface area contributed by atoms with E-state index in [1.807, 2.05) is 0 Å². The van der Waals surface area contributed by atoms with Crippen molar-refractivity contribution in [1.29, 1.82) is 0 Å². The van der Waals surface area contributed by atoms with E-state index in [2.05, 4.69) is 5.32 Å². The van der Waals surface area contributed by atoms with Gasteiger partial charge in [0.1, 0.15) is 5.82 Å². The molecule has 1 aromatic carbocycles. The molecule has 0 radical (unpaired) electrons. The molecule has 0 aliphatic heterocycles. The summed E-state index contributed by atoms with van der Waals surface area (Å²) in [7, 11) is 0. The van der Waals surface area contributed by atoms with Gasteiger partial charge in [0, 0.05) is 18.3 Å². The highest BCUT2D eigenvalue weighted by Gasteiger charge is 1.99. The minimum Gasteiger partial charge on any atom is -0.478 e. The van der Waals surface area contributed by atoms with E-state index < -0.39 is 11.8 Å². The molecule has 15 heavy (non-hydrogen) atoms. The maximum Gasteiger partial charge on any atom is 0.328 e. The zero-order chi connectivity index (χ0) is 11.3. The number of carboxylic acid groups (broad SMARTS) is 1. The summed E-state index contributed by atoms with van der Waals surface area (Å²) in [6, 6.07) is 4.29. The SMILES string of the molecule is O=C(O)/C=C/CNc1ccc(Cl)c(F)c1. The van der Waals surface area contributed by atoms with Gasteiger partial charge in [0.2, 0.25) is 0 Å². The summed E-state index contributed by atoms with van der Waals surface area (Å²) in [5, 5.41) is 11.2. The molecule has 0 fully saturated rings. The first kappa shape index (κ1) is 11.5. The lowest BCUT2D eigenvalue weighted by molar-refractivity contribution is -0.131. The molecule has 0 spiro atoms. The van der Waals surface area contributed by atoms with Gasteiger partial charge in [0.25, 0.3) is 0 Å². The number of hydrogen-bond acceptors (Lipinski definition) is 2. The van der Waals surface area contributed by atoms with Gasteiger partial charge < -0.3 is 10.4 Å². The monoisotopic (exact) mass is 229 g/mol. The fourth-order valence-electron chi connectivity index (χ4n) is 0.943. The summed E-state index contributed by atoms with van der Waals surface area (Å²) >= 11 is 5.49. The smallest absolute Gasteiger partial charge is 0.328 e. The molecule has 80 valence electrons. The summed E-state index contributed by atoms with van der Waals surface area (Å²) in [6.45, 7) is 0.313. The van der Waals surface area contributed by atoms with E-state index >= 15 is 0 Å². The number of anilines is 1. The highest BCUT2D eigenvalue weighted by Crippen LogP contribution is 2.18. The average Bonchev–Trinajstić information content (AvgIpc) is 2.18. The number of rotatable bonds is 4. The molecule has 0 atom stereocenters. The molecule has 0 amide bonds. The van der Waals surface area contributed by atoms with Crippen LogP contribution in [0.3, 0.4) is 0 Å². The summed E-state index contributed by atoms with van der Waals surface area (Å²) in [5.41, 5.74) is 0.548. The van der Waals surface area contributed by atoms with Gasteiger partial charge in [-0.05, 0) is 18.2 Å². The molecule has 0 unspecified atom stereocenters. The maximum atomic E-state index is 12.9. The first-order chi connectivity index (χ1) is 7.09. The first-order valence-corrected chi connectivity index (χ1v) is 4.56. The standard InChI is InChI=1S/C10H9ClFNO2/c11-8-4-3-7(6-9(8)12)13-5-1-2-10(14)15/h1-4,6,13H,5H2,(H,14,15)/b2-1+. The van der Waals surface area contributed by atoms with E-state index in [-0.39, 0.29) is 5.02 Å². The van der Waals surface area contributed by atoms with Crippen LogP contribution in [0.15, 0.2) is 30.4 Å². The van der Waals surface area contributed by atoms with E-state index in [4.69, 9.17) is 16.7 Å². The van der Waals surface area contributed by atoms with Crippen molar-refractivity contribution in [1.82, 2.24) is 0 Å². The lowest BCUT2D eigenvalue weighted by Crippen LogP contribution is -1.99. The van der Waals surface area contributed by atoms with E-state index in [9.17, 15) is 9.18 Å². The Balaban J connectivity index is 2.51. The molecule has 3 nitrogen and oxygen atoms in total. The van der Waals surface area contributed by atoms with Crippen molar-refractivity contribution < 1.29 is 14.3 Å². The van der Waals surface area contributed by atoms with Crippen LogP contribution in [0.4, 0.5) is 10.1 Å². The minimum atomic E-state index is -1.01. The fourth-order valence-corrected chi connectivity index (χ4v) is 1.06. The largest absolute Gasteiger partial charge is 0.478 e. The van der Waals surface area contributed by atoms with Crippen LogP contribution < -0.4 is 5.32 Å². The summed E-state index contributed by atoms with van der Waals surface area (Å²) in [6.07, 6.45) is 2.44. The van der Waals surface area contributed by atoms with E-state index in [1.54, 1.807) is 6.07 Å². The third-order valence-corrected chi connectivity index (χ3v) is 1.91. The molecule has 5 heteroatoms. The fraction of sp³-hybridized carbons (Fsp3) is 0.100. The second-order valence-corrected chi connectivity index (χ2v) is 3.16. The lowest BCUT2D eigenvalue weighted by Gasteiger charge is -2.03. The highest BCUT2D eigenvalue weighted by molar-refractivity contribution is 6.30. The van der Waals surface area contributed by atoms with Gasteiger partial charge in [-0.2, -0.15) is 0 Å². The Kier molecular flexibility index (Phi) is 4.12. The third kappa shape index (κ3) is 3.99. The van der Waals surface area contributed by atoms with Crippen molar-refractivity contribution in [2.75, 3.05) is 11.9 Å². The number of carbonyl (C=O) groups is 1. The van der Waals surface area contributed by atoms with Gasteiger partial charge >= 0.3 is 5.97 Å². The third-order valence-electron chi connectivity index (χ3n) is 1.60. The molecule has 0 aliphatic rings. The van der Waals surface area contributed by atoms with Crippen LogP contribution in [0.5, 0.6) is 0 Å². The van der Waals surface area contributed by atoms with E-state index in [0.717, 1.165) is 6.08 Å². The predicted octanol–water partition coefficient (Wildman–Crippen LogP) is 2.53. The Morgan fingerprint density at radius 3 is 2.93 bits per heavy atom. The molecular formula is C10H9ClFNO2. The molecular weight excluding hydrogens is 221 g/mol. The van der Waals surface area contributed by atoms with Crippen LogP contribution in [0.1, 0.15) is 0 Å². The van der Waals surface area contributed by atoms with Crippen LogP contribution in [0, 0.1) is 5.82 Å². The molecule has 0 aliphatic carbocycles. The maximum absolute atomic E-state index is 12.9. The van der Waals surface area contributed by atoms with E-state index in [1.165, 1.54) is 18.2 Å². The number of halogens is 2. The highest BCUT2D eigenvalue weighted by atomic mass is 35.5.